The van der Waals surface area contributed by atoms with Crippen LogP contribution in [-0.4, -0.2) is 31.6 Å². The first-order valence-electron chi connectivity index (χ1n) is 7.78. The highest BCUT2D eigenvalue weighted by atomic mass is 15.1. The van der Waals surface area contributed by atoms with Gasteiger partial charge in [0.15, 0.2) is 0 Å². The summed E-state index contributed by atoms with van der Waals surface area (Å²) in [7, 11) is 2.26. The van der Waals surface area contributed by atoms with Crippen molar-refractivity contribution in [3.8, 4) is 0 Å². The first-order valence-corrected chi connectivity index (χ1v) is 7.78. The number of nitrogens with one attached hydrogen (secondary N) is 1. The highest BCUT2D eigenvalue weighted by molar-refractivity contribution is 5.14. The summed E-state index contributed by atoms with van der Waals surface area (Å²) in [6.45, 7) is 4.51. The van der Waals surface area contributed by atoms with Crippen LogP contribution in [0.4, 0.5) is 0 Å². The van der Waals surface area contributed by atoms with E-state index < -0.39 is 0 Å². The highest BCUT2D eigenvalue weighted by Gasteiger charge is 2.14. The average Bonchev–Trinajstić information content (AvgIpc) is 2.46. The molecule has 1 saturated carbocycles. The van der Waals surface area contributed by atoms with Crippen LogP contribution in [0.25, 0.3) is 0 Å². The molecule has 0 aliphatic heterocycles. The maximum atomic E-state index is 3.53. The summed E-state index contributed by atoms with van der Waals surface area (Å²) in [5.74, 6) is 0.952. The third-order valence-corrected chi connectivity index (χ3v) is 4.14. The lowest BCUT2D eigenvalue weighted by molar-refractivity contribution is 0.233. The summed E-state index contributed by atoms with van der Waals surface area (Å²) < 4.78 is 0. The van der Waals surface area contributed by atoms with Gasteiger partial charge in [0.25, 0.3) is 0 Å². The van der Waals surface area contributed by atoms with Crippen LogP contribution in [0.5, 0.6) is 0 Å². The Labute approximate surface area is 118 Å². The predicted molar refractivity (Wildman–Crippen MR) is 82.2 cm³/mol. The summed E-state index contributed by atoms with van der Waals surface area (Å²) in [4.78, 5) is 2.49. The summed E-state index contributed by atoms with van der Waals surface area (Å²) >= 11 is 0. The Hall–Kier alpha value is -0.860. The third kappa shape index (κ3) is 5.75. The quantitative estimate of drug-likeness (QED) is 0.757. The molecule has 1 aromatic carbocycles. The van der Waals surface area contributed by atoms with Crippen LogP contribution in [0.15, 0.2) is 30.3 Å². The molecule has 0 amide bonds. The molecule has 106 valence electrons. The Balaban J connectivity index is 1.55. The molecule has 0 bridgehead atoms. The fourth-order valence-electron chi connectivity index (χ4n) is 3.00. The molecule has 1 aromatic rings. The van der Waals surface area contributed by atoms with Gasteiger partial charge < -0.3 is 10.2 Å². The molecular weight excluding hydrogens is 232 g/mol. The maximum absolute atomic E-state index is 3.53. The zero-order valence-corrected chi connectivity index (χ0v) is 12.3. The summed E-state index contributed by atoms with van der Waals surface area (Å²) in [5.41, 5.74) is 1.37. The average molecular weight is 260 g/mol. The zero-order valence-electron chi connectivity index (χ0n) is 12.3. The van der Waals surface area contributed by atoms with Crippen molar-refractivity contribution < 1.29 is 0 Å². The van der Waals surface area contributed by atoms with Crippen molar-refractivity contribution in [3.05, 3.63) is 35.9 Å². The molecule has 0 aromatic heterocycles. The summed E-state index contributed by atoms with van der Waals surface area (Å²) in [5, 5.41) is 3.53. The minimum absolute atomic E-state index is 0.952. The van der Waals surface area contributed by atoms with Crippen LogP contribution < -0.4 is 5.32 Å². The van der Waals surface area contributed by atoms with E-state index in [0.717, 1.165) is 25.6 Å². The van der Waals surface area contributed by atoms with Gasteiger partial charge in [-0.3, -0.25) is 0 Å². The second kappa shape index (κ2) is 8.34. The van der Waals surface area contributed by atoms with Crippen LogP contribution in [0.2, 0.25) is 0 Å². The smallest absolute Gasteiger partial charge is 0.0206 e. The Morgan fingerprint density at radius 3 is 2.58 bits per heavy atom. The number of hydrogen-bond acceptors (Lipinski definition) is 2. The molecule has 0 heterocycles. The van der Waals surface area contributed by atoms with Gasteiger partial charge in [-0.15, -0.1) is 0 Å². The van der Waals surface area contributed by atoms with Gasteiger partial charge >= 0.3 is 0 Å². The van der Waals surface area contributed by atoms with Crippen LogP contribution in [-0.2, 0) is 6.54 Å². The molecule has 2 heteroatoms. The third-order valence-electron chi connectivity index (χ3n) is 4.14. The molecule has 0 saturated heterocycles. The van der Waals surface area contributed by atoms with Crippen molar-refractivity contribution in [2.45, 2.75) is 38.6 Å². The SMILES string of the molecule is CN(CCNCc1ccccc1)CC1CCCCC1. The van der Waals surface area contributed by atoms with Gasteiger partial charge in [-0.1, -0.05) is 49.6 Å². The number of rotatable bonds is 7. The molecule has 1 aliphatic carbocycles. The Bertz CT molecular complexity index is 330. The first kappa shape index (κ1) is 14.5. The van der Waals surface area contributed by atoms with Gasteiger partial charge in [-0.25, -0.2) is 0 Å². The largest absolute Gasteiger partial charge is 0.311 e. The second-order valence-electron chi connectivity index (χ2n) is 5.93. The van der Waals surface area contributed by atoms with Crippen molar-refractivity contribution in [1.29, 1.82) is 0 Å². The molecule has 1 aliphatic rings. The standard InChI is InChI=1S/C17H28N2/c1-19(15-17-10-6-3-7-11-17)13-12-18-14-16-8-4-2-5-9-16/h2,4-5,8-9,17-18H,3,6-7,10-15H2,1H3. The van der Waals surface area contributed by atoms with Crippen molar-refractivity contribution in [2.75, 3.05) is 26.7 Å². The maximum Gasteiger partial charge on any atom is 0.0206 e. The van der Waals surface area contributed by atoms with Crippen LogP contribution in [0.1, 0.15) is 37.7 Å². The number of likely N-dealkylation sites (N-methyl/N-ethyl adjacent to an activating group) is 1. The topological polar surface area (TPSA) is 15.3 Å². The fraction of sp³-hybridized carbons (Fsp3) is 0.647. The normalized spacial score (nSPS) is 16.9. The van der Waals surface area contributed by atoms with Gasteiger partial charge in [-0.05, 0) is 31.4 Å². The van der Waals surface area contributed by atoms with E-state index in [9.17, 15) is 0 Å². The molecule has 0 atom stereocenters. The van der Waals surface area contributed by atoms with Gasteiger partial charge in [0.1, 0.15) is 0 Å². The second-order valence-corrected chi connectivity index (χ2v) is 5.93. The Morgan fingerprint density at radius 1 is 1.11 bits per heavy atom. The Morgan fingerprint density at radius 2 is 1.84 bits per heavy atom. The van der Waals surface area contributed by atoms with Crippen LogP contribution in [0, 0.1) is 5.92 Å². The molecule has 0 radical (unpaired) electrons. The molecule has 0 unspecified atom stereocenters. The van der Waals surface area contributed by atoms with E-state index in [2.05, 4.69) is 47.6 Å². The van der Waals surface area contributed by atoms with E-state index in [4.69, 9.17) is 0 Å². The van der Waals surface area contributed by atoms with Gasteiger partial charge in [0.2, 0.25) is 0 Å². The lowest BCUT2D eigenvalue weighted by Crippen LogP contribution is -2.33. The zero-order chi connectivity index (χ0) is 13.3. The predicted octanol–water partition coefficient (Wildman–Crippen LogP) is 3.29. The van der Waals surface area contributed by atoms with Crippen molar-refractivity contribution in [1.82, 2.24) is 10.2 Å². The Kier molecular flexibility index (Phi) is 6.38. The van der Waals surface area contributed by atoms with Crippen molar-refractivity contribution >= 4 is 0 Å². The van der Waals surface area contributed by atoms with Crippen LogP contribution >= 0.6 is 0 Å². The van der Waals surface area contributed by atoms with E-state index >= 15 is 0 Å². The molecule has 2 rings (SSSR count). The summed E-state index contributed by atoms with van der Waals surface area (Å²) in [6.07, 6.45) is 7.25. The molecule has 2 nitrogen and oxygen atoms in total. The van der Waals surface area contributed by atoms with Crippen molar-refractivity contribution in [3.63, 3.8) is 0 Å². The molecule has 1 N–H and O–H groups in total. The van der Waals surface area contributed by atoms with Crippen molar-refractivity contribution in [2.24, 2.45) is 5.92 Å². The number of hydrogen-bond donors (Lipinski definition) is 1. The van der Waals surface area contributed by atoms with E-state index in [1.807, 2.05) is 0 Å². The molecule has 1 fully saturated rings. The van der Waals surface area contributed by atoms with Gasteiger partial charge in [0, 0.05) is 26.2 Å². The van der Waals surface area contributed by atoms with E-state index in [-0.39, 0.29) is 0 Å². The molecule has 19 heavy (non-hydrogen) atoms. The molecular formula is C17H28N2. The molecule has 0 spiro atoms. The van der Waals surface area contributed by atoms with Gasteiger partial charge in [-0.2, -0.15) is 0 Å². The van der Waals surface area contributed by atoms with E-state index in [1.165, 1.54) is 44.2 Å². The van der Waals surface area contributed by atoms with E-state index in [0.29, 0.717) is 0 Å². The van der Waals surface area contributed by atoms with Crippen LogP contribution in [0.3, 0.4) is 0 Å². The first-order chi connectivity index (χ1) is 9.34. The monoisotopic (exact) mass is 260 g/mol. The fourth-order valence-corrected chi connectivity index (χ4v) is 3.00. The minimum Gasteiger partial charge on any atom is -0.311 e. The number of benzene rings is 1. The van der Waals surface area contributed by atoms with Gasteiger partial charge in [0.05, 0.1) is 0 Å². The summed E-state index contributed by atoms with van der Waals surface area (Å²) in [6, 6.07) is 10.6. The minimum atomic E-state index is 0.952. The van der Waals surface area contributed by atoms with E-state index in [1.54, 1.807) is 0 Å². The number of nitrogens with zero attached hydrogens (tertiary/aromatic N) is 1. The highest BCUT2D eigenvalue weighted by Crippen LogP contribution is 2.23. The lowest BCUT2D eigenvalue weighted by Gasteiger charge is -2.27. The lowest BCUT2D eigenvalue weighted by atomic mass is 9.89.